The van der Waals surface area contributed by atoms with Gasteiger partial charge < -0.3 is 4.74 Å². The molecule has 1 saturated heterocycles. The SMILES string of the molecule is Cc1ccc(PC(C)(C)c2cc(C)cc(C)c2OCc2ccccc2)c(CN2CCCCC2)c1. The van der Waals surface area contributed by atoms with Crippen LogP contribution in [-0.4, -0.2) is 18.0 Å². The van der Waals surface area contributed by atoms with Crippen LogP contribution >= 0.6 is 8.58 Å². The van der Waals surface area contributed by atoms with Crippen molar-refractivity contribution in [2.24, 2.45) is 0 Å². The highest BCUT2D eigenvalue weighted by atomic mass is 31.1. The van der Waals surface area contributed by atoms with Crippen molar-refractivity contribution in [1.29, 1.82) is 0 Å². The molecule has 0 amide bonds. The second kappa shape index (κ2) is 11.1. The average Bonchev–Trinajstić information content (AvgIpc) is 2.81. The number of rotatable bonds is 8. The number of likely N-dealkylation sites (tertiary alicyclic amines) is 1. The standard InChI is InChI=1S/C31H40NOP/c1-23-14-15-29(27(19-23)21-32-16-10-7-11-17-32)34-31(4,5)28-20-24(2)18-25(3)30(28)33-22-26-12-8-6-9-13-26/h6,8-9,12-15,18-20,34H,7,10-11,16-17,21-22H2,1-5H3. The molecule has 1 aliphatic rings. The third-order valence-corrected chi connectivity index (χ3v) is 8.52. The lowest BCUT2D eigenvalue weighted by Crippen LogP contribution is -2.31. The highest BCUT2D eigenvalue weighted by Gasteiger charge is 2.28. The minimum atomic E-state index is -0.0191. The fourth-order valence-corrected chi connectivity index (χ4v) is 6.55. The van der Waals surface area contributed by atoms with Gasteiger partial charge in [-0.3, -0.25) is 4.90 Å². The maximum Gasteiger partial charge on any atom is 0.126 e. The van der Waals surface area contributed by atoms with Gasteiger partial charge in [0.25, 0.3) is 0 Å². The highest BCUT2D eigenvalue weighted by molar-refractivity contribution is 7.48. The van der Waals surface area contributed by atoms with E-state index in [9.17, 15) is 0 Å². The van der Waals surface area contributed by atoms with E-state index in [0.717, 1.165) is 12.3 Å². The van der Waals surface area contributed by atoms with Crippen LogP contribution in [0.2, 0.25) is 0 Å². The van der Waals surface area contributed by atoms with Crippen LogP contribution in [0, 0.1) is 20.8 Å². The Bertz CT molecular complexity index is 1100. The molecule has 3 heteroatoms. The van der Waals surface area contributed by atoms with Crippen LogP contribution < -0.4 is 10.0 Å². The van der Waals surface area contributed by atoms with Gasteiger partial charge in [-0.1, -0.05) is 101 Å². The van der Waals surface area contributed by atoms with Gasteiger partial charge in [0.2, 0.25) is 0 Å². The van der Waals surface area contributed by atoms with Crippen LogP contribution in [0.15, 0.2) is 60.7 Å². The lowest BCUT2D eigenvalue weighted by Gasteiger charge is -2.32. The molecule has 0 aromatic heterocycles. The number of nitrogens with zero attached hydrogens (tertiary/aromatic N) is 1. The van der Waals surface area contributed by atoms with Gasteiger partial charge in [0, 0.05) is 17.3 Å². The number of benzene rings is 3. The molecule has 1 aliphatic heterocycles. The Kier molecular flexibility index (Phi) is 8.12. The molecule has 1 fully saturated rings. The first-order chi connectivity index (χ1) is 16.3. The second-order valence-electron chi connectivity index (χ2n) is 10.5. The maximum absolute atomic E-state index is 6.50. The minimum absolute atomic E-state index is 0.0191. The fraction of sp³-hybridized carbons (Fsp3) is 0.419. The Labute approximate surface area is 208 Å². The molecule has 1 heterocycles. The summed E-state index contributed by atoms with van der Waals surface area (Å²) in [5.41, 5.74) is 7.91. The van der Waals surface area contributed by atoms with E-state index in [1.165, 1.54) is 71.0 Å². The zero-order valence-electron chi connectivity index (χ0n) is 21.6. The molecule has 0 spiro atoms. The summed E-state index contributed by atoms with van der Waals surface area (Å²) in [4.78, 5) is 2.64. The van der Waals surface area contributed by atoms with E-state index in [0.29, 0.717) is 15.2 Å². The van der Waals surface area contributed by atoms with Crippen LogP contribution in [0.5, 0.6) is 5.75 Å². The van der Waals surface area contributed by atoms with E-state index in [1.807, 2.05) is 0 Å². The third-order valence-electron chi connectivity index (χ3n) is 6.87. The Morgan fingerprint density at radius 1 is 0.853 bits per heavy atom. The first-order valence-corrected chi connectivity index (χ1v) is 13.7. The summed E-state index contributed by atoms with van der Waals surface area (Å²) in [6, 6.07) is 22.2. The van der Waals surface area contributed by atoms with E-state index in [2.05, 4.69) is 100 Å². The van der Waals surface area contributed by atoms with Crippen molar-refractivity contribution in [3.63, 3.8) is 0 Å². The number of aryl methyl sites for hydroxylation is 3. The van der Waals surface area contributed by atoms with Gasteiger partial charge in [-0.2, -0.15) is 0 Å². The summed E-state index contributed by atoms with van der Waals surface area (Å²) in [5.74, 6) is 1.05. The van der Waals surface area contributed by atoms with Crippen molar-refractivity contribution >= 4 is 13.9 Å². The molecular formula is C31H40NOP. The van der Waals surface area contributed by atoms with Crippen molar-refractivity contribution in [2.45, 2.75) is 72.2 Å². The molecule has 2 nitrogen and oxygen atoms in total. The molecule has 4 rings (SSSR count). The molecule has 34 heavy (non-hydrogen) atoms. The van der Waals surface area contributed by atoms with Crippen molar-refractivity contribution in [3.8, 4) is 5.75 Å². The molecule has 3 aromatic carbocycles. The molecule has 0 aliphatic carbocycles. The summed E-state index contributed by atoms with van der Waals surface area (Å²) in [6.45, 7) is 15.5. The van der Waals surface area contributed by atoms with Crippen molar-refractivity contribution in [1.82, 2.24) is 4.90 Å². The molecule has 1 unspecified atom stereocenters. The molecule has 0 bridgehead atoms. The Balaban J connectivity index is 1.62. The number of piperidine rings is 1. The quantitative estimate of drug-likeness (QED) is 0.316. The Morgan fingerprint density at radius 2 is 1.59 bits per heavy atom. The summed E-state index contributed by atoms with van der Waals surface area (Å²) in [6.07, 6.45) is 4.05. The fourth-order valence-electron chi connectivity index (χ4n) is 5.08. The van der Waals surface area contributed by atoms with E-state index in [-0.39, 0.29) is 5.16 Å². The third kappa shape index (κ3) is 6.29. The molecule has 3 aromatic rings. The van der Waals surface area contributed by atoms with Gasteiger partial charge in [0.05, 0.1) is 0 Å². The molecule has 1 atom stereocenters. The average molecular weight is 474 g/mol. The van der Waals surface area contributed by atoms with Gasteiger partial charge in [-0.05, 0) is 68.7 Å². The van der Waals surface area contributed by atoms with Crippen molar-refractivity contribution in [2.75, 3.05) is 13.1 Å². The molecule has 0 saturated carbocycles. The summed E-state index contributed by atoms with van der Waals surface area (Å²) in [5, 5.41) is 1.48. The van der Waals surface area contributed by atoms with Gasteiger partial charge >= 0.3 is 0 Å². The zero-order valence-corrected chi connectivity index (χ0v) is 22.6. The Hall–Kier alpha value is -2.15. The number of hydrogen-bond acceptors (Lipinski definition) is 2. The molecule has 180 valence electrons. The highest BCUT2D eigenvalue weighted by Crippen LogP contribution is 2.46. The predicted molar refractivity (Wildman–Crippen MR) is 148 cm³/mol. The minimum Gasteiger partial charge on any atom is -0.488 e. The normalized spacial score (nSPS) is 15.2. The summed E-state index contributed by atoms with van der Waals surface area (Å²) in [7, 11) is 0.678. The van der Waals surface area contributed by atoms with Crippen LogP contribution in [0.4, 0.5) is 0 Å². The number of hydrogen-bond donors (Lipinski definition) is 0. The second-order valence-corrected chi connectivity index (χ2v) is 12.5. The van der Waals surface area contributed by atoms with Gasteiger partial charge in [0.15, 0.2) is 0 Å². The smallest absolute Gasteiger partial charge is 0.126 e. The first kappa shape index (κ1) is 25.0. The van der Waals surface area contributed by atoms with E-state index in [1.54, 1.807) is 0 Å². The van der Waals surface area contributed by atoms with Crippen LogP contribution in [0.1, 0.15) is 66.5 Å². The van der Waals surface area contributed by atoms with Crippen molar-refractivity contribution in [3.05, 3.63) is 94.0 Å². The zero-order chi connectivity index (χ0) is 24.1. The molecule has 0 N–H and O–H groups in total. The summed E-state index contributed by atoms with van der Waals surface area (Å²) >= 11 is 0. The molecular weight excluding hydrogens is 433 g/mol. The predicted octanol–water partition coefficient (Wildman–Crippen LogP) is 7.42. The topological polar surface area (TPSA) is 12.5 Å². The monoisotopic (exact) mass is 473 g/mol. The number of ether oxygens (including phenoxy) is 1. The van der Waals surface area contributed by atoms with Crippen LogP contribution in [-0.2, 0) is 18.3 Å². The summed E-state index contributed by atoms with van der Waals surface area (Å²) < 4.78 is 6.50. The first-order valence-electron chi connectivity index (χ1n) is 12.7. The Morgan fingerprint density at radius 3 is 2.32 bits per heavy atom. The largest absolute Gasteiger partial charge is 0.488 e. The van der Waals surface area contributed by atoms with E-state index >= 15 is 0 Å². The van der Waals surface area contributed by atoms with Crippen LogP contribution in [0.3, 0.4) is 0 Å². The lowest BCUT2D eigenvalue weighted by atomic mass is 9.96. The van der Waals surface area contributed by atoms with E-state index in [4.69, 9.17) is 4.74 Å². The maximum atomic E-state index is 6.50. The van der Waals surface area contributed by atoms with E-state index < -0.39 is 0 Å². The van der Waals surface area contributed by atoms with Gasteiger partial charge in [-0.25, -0.2) is 0 Å². The van der Waals surface area contributed by atoms with Crippen LogP contribution in [0.25, 0.3) is 0 Å². The van der Waals surface area contributed by atoms with Gasteiger partial charge in [0.1, 0.15) is 12.4 Å². The van der Waals surface area contributed by atoms with Crippen molar-refractivity contribution < 1.29 is 4.74 Å². The van der Waals surface area contributed by atoms with Gasteiger partial charge in [-0.15, -0.1) is 0 Å². The molecule has 0 radical (unpaired) electrons. The lowest BCUT2D eigenvalue weighted by molar-refractivity contribution is 0.221.